The predicted octanol–water partition coefficient (Wildman–Crippen LogP) is 4.28. The van der Waals surface area contributed by atoms with Crippen LogP contribution < -0.4 is 0 Å². The fraction of sp³-hybridized carbons (Fsp3) is 0.286. The van der Waals surface area contributed by atoms with E-state index in [-0.39, 0.29) is 5.91 Å². The number of carbonyl (C=O) groups is 1. The first-order valence-corrected chi connectivity index (χ1v) is 9.00. The lowest BCUT2D eigenvalue weighted by Crippen LogP contribution is -2.39. The van der Waals surface area contributed by atoms with Gasteiger partial charge in [0.25, 0.3) is 11.8 Å². The Morgan fingerprint density at radius 1 is 1.12 bits per heavy atom. The molecule has 0 radical (unpaired) electrons. The molecular weight excluding hydrogens is 326 g/mol. The summed E-state index contributed by atoms with van der Waals surface area (Å²) in [6, 6.07) is 17.1. The van der Waals surface area contributed by atoms with Crippen molar-refractivity contribution in [3.63, 3.8) is 0 Å². The van der Waals surface area contributed by atoms with E-state index in [0.717, 1.165) is 25.1 Å². The van der Waals surface area contributed by atoms with Crippen LogP contribution in [0.2, 0.25) is 0 Å². The van der Waals surface area contributed by atoms with Gasteiger partial charge in [-0.3, -0.25) is 4.79 Å². The molecule has 1 atom stereocenters. The average Bonchev–Trinajstić information content (AvgIpc) is 3.18. The highest BCUT2D eigenvalue weighted by molar-refractivity contribution is 6.00. The molecule has 4 rings (SSSR count). The lowest BCUT2D eigenvalue weighted by Gasteiger charge is -2.31. The number of benzene rings is 2. The van der Waals surface area contributed by atoms with E-state index in [1.165, 1.54) is 6.42 Å². The van der Waals surface area contributed by atoms with Crippen molar-refractivity contribution < 1.29 is 9.32 Å². The van der Waals surface area contributed by atoms with E-state index in [2.05, 4.69) is 17.1 Å². The van der Waals surface area contributed by atoms with E-state index in [4.69, 9.17) is 4.52 Å². The first-order valence-electron chi connectivity index (χ1n) is 9.00. The number of carbonyl (C=O) groups excluding carboxylic acids is 1. The van der Waals surface area contributed by atoms with Crippen molar-refractivity contribution in [2.45, 2.75) is 19.8 Å². The fourth-order valence-corrected chi connectivity index (χ4v) is 3.44. The third kappa shape index (κ3) is 3.25. The third-order valence-electron chi connectivity index (χ3n) is 4.79. The Morgan fingerprint density at radius 2 is 1.88 bits per heavy atom. The van der Waals surface area contributed by atoms with Crippen LogP contribution in [0.3, 0.4) is 0 Å². The van der Waals surface area contributed by atoms with Crippen molar-refractivity contribution >= 4 is 5.91 Å². The van der Waals surface area contributed by atoms with Gasteiger partial charge in [-0.1, -0.05) is 54.5 Å². The zero-order valence-electron chi connectivity index (χ0n) is 14.8. The molecule has 0 saturated carbocycles. The molecule has 0 N–H and O–H groups in total. The Bertz CT molecular complexity index is 904. The monoisotopic (exact) mass is 347 g/mol. The molecule has 1 saturated heterocycles. The molecule has 0 bridgehead atoms. The average molecular weight is 347 g/mol. The van der Waals surface area contributed by atoms with E-state index in [0.29, 0.717) is 28.8 Å². The number of aromatic nitrogens is 2. The summed E-state index contributed by atoms with van der Waals surface area (Å²) in [4.78, 5) is 19.5. The summed E-state index contributed by atoms with van der Waals surface area (Å²) in [5.41, 5.74) is 2.19. The Kier molecular flexibility index (Phi) is 4.52. The van der Waals surface area contributed by atoms with Gasteiger partial charge < -0.3 is 9.42 Å². The molecule has 1 unspecified atom stereocenters. The van der Waals surface area contributed by atoms with Gasteiger partial charge in [-0.05, 0) is 30.9 Å². The lowest BCUT2D eigenvalue weighted by molar-refractivity contribution is 0.0683. The summed E-state index contributed by atoms with van der Waals surface area (Å²) in [6.45, 7) is 3.79. The molecule has 0 aliphatic carbocycles. The topological polar surface area (TPSA) is 59.2 Å². The van der Waals surface area contributed by atoms with Crippen LogP contribution in [0.4, 0.5) is 0 Å². The largest absolute Gasteiger partial charge is 0.338 e. The maximum atomic E-state index is 13.1. The number of amides is 1. The van der Waals surface area contributed by atoms with Gasteiger partial charge in [0, 0.05) is 18.7 Å². The SMILES string of the molecule is CC1CCCN(C(=O)c2ccccc2-c2nc(-c3ccccc3)no2)C1. The Morgan fingerprint density at radius 3 is 2.69 bits per heavy atom. The second-order valence-corrected chi connectivity index (χ2v) is 6.83. The minimum absolute atomic E-state index is 0.0339. The van der Waals surface area contributed by atoms with E-state index in [1.54, 1.807) is 0 Å². The standard InChI is InChI=1S/C21H21N3O2/c1-15-8-7-13-24(14-15)21(25)18-12-6-5-11-17(18)20-22-19(23-26-20)16-9-3-2-4-10-16/h2-6,9-12,15H,7-8,13-14H2,1H3. The maximum Gasteiger partial charge on any atom is 0.259 e. The zero-order valence-corrected chi connectivity index (χ0v) is 14.8. The molecule has 5 heteroatoms. The zero-order chi connectivity index (χ0) is 17.9. The Balaban J connectivity index is 1.66. The van der Waals surface area contributed by atoms with Crippen molar-refractivity contribution in [1.29, 1.82) is 0 Å². The molecule has 2 heterocycles. The lowest BCUT2D eigenvalue weighted by atomic mass is 9.98. The molecule has 3 aromatic rings. The molecule has 26 heavy (non-hydrogen) atoms. The minimum Gasteiger partial charge on any atom is -0.338 e. The van der Waals surface area contributed by atoms with Crippen LogP contribution in [0.25, 0.3) is 22.8 Å². The molecule has 132 valence electrons. The van der Waals surface area contributed by atoms with Gasteiger partial charge in [-0.2, -0.15) is 4.98 Å². The summed E-state index contributed by atoms with van der Waals surface area (Å²) in [6.07, 6.45) is 2.23. The van der Waals surface area contributed by atoms with Crippen molar-refractivity contribution in [1.82, 2.24) is 15.0 Å². The summed E-state index contributed by atoms with van der Waals surface area (Å²) in [7, 11) is 0. The normalized spacial score (nSPS) is 17.3. The number of hydrogen-bond acceptors (Lipinski definition) is 4. The number of piperidine rings is 1. The fourth-order valence-electron chi connectivity index (χ4n) is 3.44. The van der Waals surface area contributed by atoms with Crippen LogP contribution in [-0.2, 0) is 0 Å². The maximum absolute atomic E-state index is 13.1. The van der Waals surface area contributed by atoms with Crippen LogP contribution in [0.5, 0.6) is 0 Å². The Labute approximate surface area is 152 Å². The third-order valence-corrected chi connectivity index (χ3v) is 4.79. The number of hydrogen-bond donors (Lipinski definition) is 0. The van der Waals surface area contributed by atoms with E-state index in [9.17, 15) is 4.79 Å². The Hall–Kier alpha value is -2.95. The molecule has 1 aliphatic rings. The van der Waals surface area contributed by atoms with Gasteiger partial charge in [0.2, 0.25) is 5.82 Å². The van der Waals surface area contributed by atoms with Crippen molar-refractivity contribution in [3.8, 4) is 22.8 Å². The van der Waals surface area contributed by atoms with E-state index in [1.807, 2.05) is 59.5 Å². The van der Waals surface area contributed by atoms with Gasteiger partial charge in [0.15, 0.2) is 0 Å². The molecule has 0 spiro atoms. The summed E-state index contributed by atoms with van der Waals surface area (Å²) < 4.78 is 5.47. The van der Waals surface area contributed by atoms with Gasteiger partial charge in [0.1, 0.15) is 0 Å². The van der Waals surface area contributed by atoms with Gasteiger partial charge >= 0.3 is 0 Å². The second kappa shape index (κ2) is 7.12. The summed E-state index contributed by atoms with van der Waals surface area (Å²) in [5.74, 6) is 1.46. The second-order valence-electron chi connectivity index (χ2n) is 6.83. The number of likely N-dealkylation sites (tertiary alicyclic amines) is 1. The minimum atomic E-state index is 0.0339. The molecule has 1 fully saturated rings. The van der Waals surface area contributed by atoms with E-state index >= 15 is 0 Å². The van der Waals surface area contributed by atoms with Crippen molar-refractivity contribution in [3.05, 3.63) is 60.2 Å². The van der Waals surface area contributed by atoms with Crippen LogP contribution in [0.15, 0.2) is 59.1 Å². The quantitative estimate of drug-likeness (QED) is 0.710. The van der Waals surface area contributed by atoms with Crippen LogP contribution >= 0.6 is 0 Å². The molecule has 1 aliphatic heterocycles. The van der Waals surface area contributed by atoms with Crippen LogP contribution in [0, 0.1) is 5.92 Å². The first-order chi connectivity index (χ1) is 12.7. The van der Waals surface area contributed by atoms with Gasteiger partial charge in [-0.15, -0.1) is 0 Å². The van der Waals surface area contributed by atoms with Gasteiger partial charge in [-0.25, -0.2) is 0 Å². The smallest absolute Gasteiger partial charge is 0.259 e. The molecule has 1 aromatic heterocycles. The van der Waals surface area contributed by atoms with Crippen LogP contribution in [0.1, 0.15) is 30.1 Å². The summed E-state index contributed by atoms with van der Waals surface area (Å²) >= 11 is 0. The summed E-state index contributed by atoms with van der Waals surface area (Å²) in [5, 5.41) is 4.08. The molecular formula is C21H21N3O2. The highest BCUT2D eigenvalue weighted by Crippen LogP contribution is 2.27. The number of nitrogens with zero attached hydrogens (tertiary/aromatic N) is 3. The highest BCUT2D eigenvalue weighted by Gasteiger charge is 2.25. The number of rotatable bonds is 3. The van der Waals surface area contributed by atoms with Gasteiger partial charge in [0.05, 0.1) is 11.1 Å². The highest BCUT2D eigenvalue weighted by atomic mass is 16.5. The molecule has 2 aromatic carbocycles. The molecule has 5 nitrogen and oxygen atoms in total. The predicted molar refractivity (Wildman–Crippen MR) is 99.5 cm³/mol. The van der Waals surface area contributed by atoms with Crippen LogP contribution in [-0.4, -0.2) is 34.0 Å². The van der Waals surface area contributed by atoms with E-state index < -0.39 is 0 Å². The van der Waals surface area contributed by atoms with Crippen molar-refractivity contribution in [2.75, 3.05) is 13.1 Å². The first kappa shape index (κ1) is 16.5. The van der Waals surface area contributed by atoms with Crippen molar-refractivity contribution in [2.24, 2.45) is 5.92 Å². The molecule has 1 amide bonds.